The summed E-state index contributed by atoms with van der Waals surface area (Å²) >= 11 is 3.35. The zero-order chi connectivity index (χ0) is 19.4. The second-order valence-corrected chi connectivity index (χ2v) is 9.11. The highest BCUT2D eigenvalue weighted by molar-refractivity contribution is 9.10. The summed E-state index contributed by atoms with van der Waals surface area (Å²) in [6, 6.07) is 9.68. The molecule has 0 atom stereocenters. The van der Waals surface area contributed by atoms with Crippen LogP contribution in [0.25, 0.3) is 0 Å². The molecule has 2 aromatic carbocycles. The van der Waals surface area contributed by atoms with E-state index >= 15 is 0 Å². The maximum atomic E-state index is 12.8. The average molecular weight is 453 g/mol. The highest BCUT2D eigenvalue weighted by Crippen LogP contribution is 2.32. The minimum Gasteiger partial charge on any atom is -0.507 e. The molecule has 0 unspecified atom stereocenters. The van der Waals surface area contributed by atoms with Gasteiger partial charge < -0.3 is 9.84 Å². The van der Waals surface area contributed by atoms with Gasteiger partial charge in [0.1, 0.15) is 17.2 Å². The minimum absolute atomic E-state index is 0.102. The van der Waals surface area contributed by atoms with Gasteiger partial charge in [-0.15, -0.1) is 0 Å². The van der Waals surface area contributed by atoms with E-state index in [2.05, 4.69) is 20.9 Å². The van der Waals surface area contributed by atoms with Crippen LogP contribution in [-0.2, 0) is 10.0 Å². The molecule has 27 heavy (non-hydrogen) atoms. The lowest BCUT2D eigenvalue weighted by molar-refractivity contribution is 0.346. The number of phenols is 1. The number of hydrogen-bond acceptors (Lipinski definition) is 5. The molecule has 2 aromatic rings. The molecule has 144 valence electrons. The van der Waals surface area contributed by atoms with Crippen LogP contribution in [0.3, 0.4) is 0 Å². The first-order chi connectivity index (χ1) is 12.9. The van der Waals surface area contributed by atoms with Gasteiger partial charge in [-0.1, -0.05) is 22.4 Å². The van der Waals surface area contributed by atoms with Crippen LogP contribution in [0.1, 0.15) is 24.8 Å². The number of nitrogens with zero attached hydrogens (tertiary/aromatic N) is 2. The van der Waals surface area contributed by atoms with Crippen LogP contribution >= 0.6 is 15.9 Å². The second kappa shape index (κ2) is 8.41. The second-order valence-electron chi connectivity index (χ2n) is 6.26. The van der Waals surface area contributed by atoms with Gasteiger partial charge in [-0.3, -0.25) is 4.99 Å². The van der Waals surface area contributed by atoms with E-state index in [0.29, 0.717) is 30.1 Å². The fourth-order valence-electron chi connectivity index (χ4n) is 2.95. The van der Waals surface area contributed by atoms with Gasteiger partial charge in [0.15, 0.2) is 0 Å². The Morgan fingerprint density at radius 3 is 2.59 bits per heavy atom. The van der Waals surface area contributed by atoms with Gasteiger partial charge in [-0.05, 0) is 43.2 Å². The van der Waals surface area contributed by atoms with Crippen LogP contribution in [0.5, 0.6) is 11.5 Å². The summed E-state index contributed by atoms with van der Waals surface area (Å²) in [7, 11) is -2.06. The predicted molar refractivity (Wildman–Crippen MR) is 109 cm³/mol. The Hall–Kier alpha value is -1.90. The van der Waals surface area contributed by atoms with E-state index < -0.39 is 10.0 Å². The van der Waals surface area contributed by atoms with Crippen molar-refractivity contribution in [2.45, 2.75) is 24.2 Å². The monoisotopic (exact) mass is 452 g/mol. The van der Waals surface area contributed by atoms with Crippen molar-refractivity contribution >= 4 is 37.9 Å². The van der Waals surface area contributed by atoms with Gasteiger partial charge in [0, 0.05) is 35.4 Å². The molecule has 0 aliphatic carbocycles. The van der Waals surface area contributed by atoms with Crippen LogP contribution in [0.15, 0.2) is 50.8 Å². The van der Waals surface area contributed by atoms with E-state index in [1.807, 2.05) is 0 Å². The summed E-state index contributed by atoms with van der Waals surface area (Å²) in [5, 5.41) is 9.91. The van der Waals surface area contributed by atoms with Gasteiger partial charge in [0.2, 0.25) is 10.0 Å². The molecule has 8 heteroatoms. The molecule has 0 bridgehead atoms. The van der Waals surface area contributed by atoms with Crippen LogP contribution < -0.4 is 4.74 Å². The summed E-state index contributed by atoms with van der Waals surface area (Å²) in [6.45, 7) is 1.10. The SMILES string of the molecule is COc1cc(S(=O)(=O)N2CCCCC2)ccc1N=Cc1cc(Br)ccc1O. The largest absolute Gasteiger partial charge is 0.507 e. The minimum atomic E-state index is -3.54. The van der Waals surface area contributed by atoms with Crippen molar-refractivity contribution in [2.75, 3.05) is 20.2 Å². The molecule has 1 aliphatic rings. The van der Waals surface area contributed by atoms with E-state index in [0.717, 1.165) is 23.7 Å². The molecular formula is C19H21BrN2O4S. The Bertz CT molecular complexity index is 954. The molecule has 0 saturated carbocycles. The number of ether oxygens (including phenoxy) is 1. The Morgan fingerprint density at radius 2 is 1.89 bits per heavy atom. The Balaban J connectivity index is 1.90. The Kier molecular flexibility index (Phi) is 6.18. The first kappa shape index (κ1) is 19.9. The number of aliphatic imine (C=N–C) groups is 1. The van der Waals surface area contributed by atoms with Crippen molar-refractivity contribution in [3.05, 3.63) is 46.4 Å². The van der Waals surface area contributed by atoms with Crippen LogP contribution in [0, 0.1) is 0 Å². The fraction of sp³-hybridized carbons (Fsp3) is 0.316. The third-order valence-electron chi connectivity index (χ3n) is 4.44. The lowest BCUT2D eigenvalue weighted by Gasteiger charge is -2.26. The molecule has 1 N–H and O–H groups in total. The number of hydrogen-bond donors (Lipinski definition) is 1. The Labute approximate surface area is 167 Å². The zero-order valence-electron chi connectivity index (χ0n) is 14.9. The average Bonchev–Trinajstić information content (AvgIpc) is 2.69. The molecule has 1 aliphatic heterocycles. The van der Waals surface area contributed by atoms with Crippen LogP contribution in [0.4, 0.5) is 5.69 Å². The molecule has 3 rings (SSSR count). The standard InChI is InChI=1S/C19H21BrN2O4S/c1-26-19-12-16(27(24,25)22-9-3-2-4-10-22)6-7-17(19)21-13-14-11-15(20)5-8-18(14)23/h5-8,11-13,23H,2-4,9-10H2,1H3. The molecule has 1 fully saturated rings. The molecule has 0 radical (unpaired) electrons. The number of aromatic hydroxyl groups is 1. The highest BCUT2D eigenvalue weighted by Gasteiger charge is 2.26. The molecule has 1 heterocycles. The third kappa shape index (κ3) is 4.51. The van der Waals surface area contributed by atoms with E-state index in [-0.39, 0.29) is 10.6 Å². The van der Waals surface area contributed by atoms with E-state index in [1.54, 1.807) is 30.3 Å². The number of halogens is 1. The van der Waals surface area contributed by atoms with Crippen LogP contribution in [-0.4, -0.2) is 44.2 Å². The summed E-state index contributed by atoms with van der Waals surface area (Å²) in [6.07, 6.45) is 4.34. The molecule has 0 amide bonds. The van der Waals surface area contributed by atoms with Crippen molar-refractivity contribution in [1.29, 1.82) is 0 Å². The third-order valence-corrected chi connectivity index (χ3v) is 6.82. The molecule has 6 nitrogen and oxygen atoms in total. The van der Waals surface area contributed by atoms with Gasteiger partial charge in [-0.2, -0.15) is 4.31 Å². The van der Waals surface area contributed by atoms with Gasteiger partial charge in [0.05, 0.1) is 12.0 Å². The fourth-order valence-corrected chi connectivity index (χ4v) is 4.86. The molecular weight excluding hydrogens is 432 g/mol. The number of sulfonamides is 1. The quantitative estimate of drug-likeness (QED) is 0.692. The summed E-state index contributed by atoms with van der Waals surface area (Å²) in [5.41, 5.74) is 1.02. The lowest BCUT2D eigenvalue weighted by Crippen LogP contribution is -2.35. The van der Waals surface area contributed by atoms with Gasteiger partial charge in [0.25, 0.3) is 0 Å². The Morgan fingerprint density at radius 1 is 1.15 bits per heavy atom. The van der Waals surface area contributed by atoms with E-state index in [4.69, 9.17) is 4.74 Å². The number of phenolic OH excluding ortho intramolecular Hbond substituents is 1. The summed E-state index contributed by atoms with van der Waals surface area (Å²) < 4.78 is 33.3. The van der Waals surface area contributed by atoms with E-state index in [9.17, 15) is 13.5 Å². The predicted octanol–water partition coefficient (Wildman–Crippen LogP) is 4.09. The maximum Gasteiger partial charge on any atom is 0.243 e. The van der Waals surface area contributed by atoms with Crippen molar-refractivity contribution in [1.82, 2.24) is 4.31 Å². The van der Waals surface area contributed by atoms with Crippen molar-refractivity contribution in [3.8, 4) is 11.5 Å². The zero-order valence-corrected chi connectivity index (χ0v) is 17.3. The smallest absolute Gasteiger partial charge is 0.243 e. The van der Waals surface area contributed by atoms with Crippen LogP contribution in [0.2, 0.25) is 0 Å². The first-order valence-corrected chi connectivity index (χ1v) is 10.9. The number of rotatable bonds is 5. The van der Waals surface area contributed by atoms with E-state index in [1.165, 1.54) is 23.7 Å². The topological polar surface area (TPSA) is 79.2 Å². The summed E-state index contributed by atoms with van der Waals surface area (Å²) in [5.74, 6) is 0.462. The van der Waals surface area contributed by atoms with Gasteiger partial charge in [-0.25, -0.2) is 8.42 Å². The van der Waals surface area contributed by atoms with Crippen molar-refractivity contribution in [3.63, 3.8) is 0 Å². The van der Waals surface area contributed by atoms with Crippen molar-refractivity contribution < 1.29 is 18.3 Å². The molecule has 1 saturated heterocycles. The number of benzene rings is 2. The number of piperidine rings is 1. The molecule has 0 aromatic heterocycles. The van der Waals surface area contributed by atoms with Gasteiger partial charge >= 0.3 is 0 Å². The lowest BCUT2D eigenvalue weighted by atomic mass is 10.2. The summed E-state index contributed by atoms with van der Waals surface area (Å²) in [4.78, 5) is 4.55. The number of methoxy groups -OCH3 is 1. The normalized spacial score (nSPS) is 15.9. The van der Waals surface area contributed by atoms with Crippen molar-refractivity contribution in [2.24, 2.45) is 4.99 Å². The highest BCUT2D eigenvalue weighted by atomic mass is 79.9. The molecule has 0 spiro atoms. The maximum absolute atomic E-state index is 12.8. The first-order valence-electron chi connectivity index (χ1n) is 8.62.